The van der Waals surface area contributed by atoms with Crippen molar-refractivity contribution >= 4 is 5.52 Å². The lowest BCUT2D eigenvalue weighted by atomic mass is 10.00. The van der Waals surface area contributed by atoms with Crippen LogP contribution >= 0.6 is 0 Å². The minimum atomic E-state index is -0.156. The number of nitrogens with one attached hydrogen (secondary N) is 1. The summed E-state index contributed by atoms with van der Waals surface area (Å²) in [5.74, 6) is 2.52. The Hall–Kier alpha value is -2.63. The lowest BCUT2D eigenvalue weighted by molar-refractivity contribution is 0.341. The zero-order valence-corrected chi connectivity index (χ0v) is 16.0. The summed E-state index contributed by atoms with van der Waals surface area (Å²) in [6.07, 6.45) is 7.19. The van der Waals surface area contributed by atoms with Gasteiger partial charge in [-0.25, -0.2) is 9.50 Å². The summed E-state index contributed by atoms with van der Waals surface area (Å²) in [4.78, 5) is 20.5. The Morgan fingerprint density at radius 2 is 1.93 bits per heavy atom. The fourth-order valence-electron chi connectivity index (χ4n) is 4.06. The smallest absolute Gasteiger partial charge is 0.277 e. The standard InChI is InChI=1S/C21H26N4O2/c1-3-27-17-13-9-8-12-16(17)19-23-21(26)18-14(2)22-20(25(18)24-19)15-10-6-4-5-7-11-15/h8-9,12-13,15H,3-7,10-11H2,1-2H3,(H,23,24,26). The van der Waals surface area contributed by atoms with Gasteiger partial charge in [-0.05, 0) is 38.8 Å². The number of nitrogens with zero attached hydrogens (tertiary/aromatic N) is 3. The Bertz CT molecular complexity index is 997. The van der Waals surface area contributed by atoms with Crippen LogP contribution in [0.25, 0.3) is 16.9 Å². The highest BCUT2D eigenvalue weighted by Gasteiger charge is 2.23. The SMILES string of the molecule is CCOc1ccccc1-c1nn2c(C3CCCCCC3)nc(C)c2c(=O)[nH]1. The third-order valence-corrected chi connectivity index (χ3v) is 5.36. The number of fused-ring (bicyclic) bond motifs is 1. The molecule has 4 rings (SSSR count). The first-order valence-corrected chi connectivity index (χ1v) is 9.90. The first-order valence-electron chi connectivity index (χ1n) is 9.90. The van der Waals surface area contributed by atoms with Crippen LogP contribution in [0.1, 0.15) is 62.9 Å². The van der Waals surface area contributed by atoms with Gasteiger partial charge in [-0.3, -0.25) is 4.79 Å². The average molecular weight is 366 g/mol. The van der Waals surface area contributed by atoms with E-state index in [4.69, 9.17) is 14.8 Å². The second-order valence-corrected chi connectivity index (χ2v) is 7.24. The van der Waals surface area contributed by atoms with Gasteiger partial charge in [-0.2, -0.15) is 0 Å². The van der Waals surface area contributed by atoms with E-state index in [0.29, 0.717) is 23.9 Å². The van der Waals surface area contributed by atoms with Gasteiger partial charge in [-0.1, -0.05) is 37.8 Å². The number of imidazole rings is 1. The van der Waals surface area contributed by atoms with E-state index in [9.17, 15) is 4.79 Å². The zero-order valence-electron chi connectivity index (χ0n) is 16.0. The van der Waals surface area contributed by atoms with Crippen LogP contribution in [0, 0.1) is 6.92 Å². The molecule has 6 heteroatoms. The summed E-state index contributed by atoms with van der Waals surface area (Å²) in [6.45, 7) is 4.39. The van der Waals surface area contributed by atoms with E-state index in [1.807, 2.05) is 38.1 Å². The normalized spacial score (nSPS) is 15.8. The maximum Gasteiger partial charge on any atom is 0.277 e. The number of rotatable bonds is 4. The molecule has 0 amide bonds. The van der Waals surface area contributed by atoms with Crippen LogP contribution < -0.4 is 10.3 Å². The molecule has 1 aliphatic rings. The van der Waals surface area contributed by atoms with Gasteiger partial charge in [0, 0.05) is 5.92 Å². The largest absolute Gasteiger partial charge is 0.493 e. The van der Waals surface area contributed by atoms with Crippen molar-refractivity contribution in [1.29, 1.82) is 0 Å². The first kappa shape index (κ1) is 17.8. The molecule has 1 saturated carbocycles. The van der Waals surface area contributed by atoms with E-state index < -0.39 is 0 Å². The maximum atomic E-state index is 12.8. The Labute approximate surface area is 158 Å². The Morgan fingerprint density at radius 1 is 1.19 bits per heavy atom. The number of para-hydroxylation sites is 1. The molecule has 0 radical (unpaired) electrons. The van der Waals surface area contributed by atoms with E-state index in [1.54, 1.807) is 4.52 Å². The van der Waals surface area contributed by atoms with E-state index in [1.165, 1.54) is 25.7 Å². The molecule has 0 atom stereocenters. The molecule has 2 aromatic heterocycles. The molecule has 0 saturated heterocycles. The van der Waals surface area contributed by atoms with Gasteiger partial charge in [0.05, 0.1) is 17.9 Å². The molecule has 27 heavy (non-hydrogen) atoms. The molecule has 0 spiro atoms. The van der Waals surface area contributed by atoms with Gasteiger partial charge in [0.15, 0.2) is 11.3 Å². The number of hydrogen-bond donors (Lipinski definition) is 1. The van der Waals surface area contributed by atoms with Crippen molar-refractivity contribution in [2.75, 3.05) is 6.61 Å². The second kappa shape index (κ2) is 7.55. The molecule has 1 aromatic carbocycles. The summed E-state index contributed by atoms with van der Waals surface area (Å²) in [5.41, 5.74) is 1.92. The van der Waals surface area contributed by atoms with Gasteiger partial charge in [0.1, 0.15) is 11.6 Å². The van der Waals surface area contributed by atoms with Crippen molar-refractivity contribution in [3.8, 4) is 17.1 Å². The van der Waals surface area contributed by atoms with E-state index in [0.717, 1.165) is 35.7 Å². The number of H-pyrrole nitrogens is 1. The van der Waals surface area contributed by atoms with Crippen LogP contribution in [0.3, 0.4) is 0 Å². The third-order valence-electron chi connectivity index (χ3n) is 5.36. The number of hydrogen-bond acceptors (Lipinski definition) is 4. The van der Waals surface area contributed by atoms with Crippen molar-refractivity contribution in [3.05, 3.63) is 46.1 Å². The van der Waals surface area contributed by atoms with Crippen LogP contribution in [0.5, 0.6) is 5.75 Å². The zero-order chi connectivity index (χ0) is 18.8. The lowest BCUT2D eigenvalue weighted by Crippen LogP contribution is -2.16. The van der Waals surface area contributed by atoms with Crippen molar-refractivity contribution in [2.24, 2.45) is 0 Å². The fraction of sp³-hybridized carbons (Fsp3) is 0.476. The predicted molar refractivity (Wildman–Crippen MR) is 105 cm³/mol. The molecule has 0 unspecified atom stereocenters. The van der Waals surface area contributed by atoms with Gasteiger partial charge < -0.3 is 9.72 Å². The van der Waals surface area contributed by atoms with Crippen molar-refractivity contribution < 1.29 is 4.74 Å². The fourth-order valence-corrected chi connectivity index (χ4v) is 4.06. The third kappa shape index (κ3) is 3.36. The monoisotopic (exact) mass is 366 g/mol. The molecule has 2 heterocycles. The Kier molecular flexibility index (Phi) is 4.97. The van der Waals surface area contributed by atoms with Crippen molar-refractivity contribution in [1.82, 2.24) is 19.6 Å². The van der Waals surface area contributed by atoms with Crippen LogP contribution in [0.2, 0.25) is 0 Å². The molecule has 1 N–H and O–H groups in total. The Morgan fingerprint density at radius 3 is 2.67 bits per heavy atom. The molecule has 6 nitrogen and oxygen atoms in total. The highest BCUT2D eigenvalue weighted by Crippen LogP contribution is 2.32. The van der Waals surface area contributed by atoms with E-state index >= 15 is 0 Å². The molecule has 3 aromatic rings. The number of benzene rings is 1. The molecule has 0 bridgehead atoms. The minimum Gasteiger partial charge on any atom is -0.493 e. The predicted octanol–water partition coefficient (Wildman–Crippen LogP) is 4.23. The van der Waals surface area contributed by atoms with Crippen LogP contribution in [-0.4, -0.2) is 26.2 Å². The van der Waals surface area contributed by atoms with Crippen molar-refractivity contribution in [2.45, 2.75) is 58.3 Å². The quantitative estimate of drug-likeness (QED) is 0.701. The molecule has 1 aliphatic carbocycles. The highest BCUT2D eigenvalue weighted by atomic mass is 16.5. The van der Waals surface area contributed by atoms with Gasteiger partial charge in [0.25, 0.3) is 5.56 Å². The summed E-state index contributed by atoms with van der Waals surface area (Å²) >= 11 is 0. The summed E-state index contributed by atoms with van der Waals surface area (Å²) in [7, 11) is 0. The highest BCUT2D eigenvalue weighted by molar-refractivity contribution is 5.64. The number of ether oxygens (including phenoxy) is 1. The second-order valence-electron chi connectivity index (χ2n) is 7.24. The maximum absolute atomic E-state index is 12.8. The van der Waals surface area contributed by atoms with Gasteiger partial charge in [-0.15, -0.1) is 5.10 Å². The number of aromatic amines is 1. The molecule has 0 aliphatic heterocycles. The first-order chi connectivity index (χ1) is 13.2. The van der Waals surface area contributed by atoms with E-state index in [-0.39, 0.29) is 5.56 Å². The summed E-state index contributed by atoms with van der Waals surface area (Å²) in [5, 5.41) is 4.79. The topological polar surface area (TPSA) is 72.3 Å². The van der Waals surface area contributed by atoms with Crippen LogP contribution in [-0.2, 0) is 0 Å². The molecular weight excluding hydrogens is 340 g/mol. The molecule has 1 fully saturated rings. The number of aryl methyl sites for hydroxylation is 1. The van der Waals surface area contributed by atoms with Crippen LogP contribution in [0.15, 0.2) is 29.1 Å². The minimum absolute atomic E-state index is 0.156. The molecule has 142 valence electrons. The lowest BCUT2D eigenvalue weighted by Gasteiger charge is -2.13. The Balaban J connectivity index is 1.88. The molecular formula is C21H26N4O2. The van der Waals surface area contributed by atoms with E-state index in [2.05, 4.69) is 4.98 Å². The summed E-state index contributed by atoms with van der Waals surface area (Å²) in [6, 6.07) is 7.66. The van der Waals surface area contributed by atoms with Gasteiger partial charge >= 0.3 is 0 Å². The average Bonchev–Trinajstić information content (AvgIpc) is 2.84. The van der Waals surface area contributed by atoms with Crippen molar-refractivity contribution in [3.63, 3.8) is 0 Å². The van der Waals surface area contributed by atoms with Crippen LogP contribution in [0.4, 0.5) is 0 Å². The summed E-state index contributed by atoms with van der Waals surface area (Å²) < 4.78 is 7.50. The van der Waals surface area contributed by atoms with Gasteiger partial charge in [0.2, 0.25) is 0 Å². The number of aromatic nitrogens is 4.